The minimum atomic E-state index is 0.606. The van der Waals surface area contributed by atoms with Crippen LogP contribution in [0.15, 0.2) is 22.7 Å². The molecule has 2 N–H and O–H groups in total. The van der Waals surface area contributed by atoms with Gasteiger partial charge in [-0.2, -0.15) is 0 Å². The number of hydrogen-bond acceptors (Lipinski definition) is 3. The van der Waals surface area contributed by atoms with Gasteiger partial charge >= 0.3 is 0 Å². The lowest BCUT2D eigenvalue weighted by molar-refractivity contribution is 0.248. The van der Waals surface area contributed by atoms with Crippen molar-refractivity contribution in [3.8, 4) is 0 Å². The highest BCUT2D eigenvalue weighted by Gasteiger charge is 2.31. The van der Waals surface area contributed by atoms with Crippen molar-refractivity contribution in [2.75, 3.05) is 31.1 Å². The molecule has 0 amide bonds. The number of benzene rings is 1. The van der Waals surface area contributed by atoms with Gasteiger partial charge in [-0.05, 0) is 36.6 Å². The number of rotatable bonds is 3. The van der Waals surface area contributed by atoms with Crippen molar-refractivity contribution >= 4 is 21.6 Å². The Hall–Kier alpha value is -0.580. The van der Waals surface area contributed by atoms with Crippen LogP contribution in [0.3, 0.4) is 0 Å². The average Bonchev–Trinajstić information content (AvgIpc) is 3.22. The Morgan fingerprint density at radius 2 is 1.83 bits per heavy atom. The summed E-state index contributed by atoms with van der Waals surface area (Å²) in [5.74, 6) is 0. The second-order valence-electron chi connectivity index (χ2n) is 5.28. The molecule has 18 heavy (non-hydrogen) atoms. The zero-order chi connectivity index (χ0) is 12.5. The van der Waals surface area contributed by atoms with Crippen LogP contribution in [0.4, 0.5) is 5.69 Å². The summed E-state index contributed by atoms with van der Waals surface area (Å²) in [5, 5.41) is 0. The summed E-state index contributed by atoms with van der Waals surface area (Å²) in [5.41, 5.74) is 8.24. The van der Waals surface area contributed by atoms with Crippen molar-refractivity contribution in [2.45, 2.75) is 25.4 Å². The third-order valence-corrected chi connectivity index (χ3v) is 4.38. The normalized spacial score (nSPS) is 21.3. The van der Waals surface area contributed by atoms with E-state index in [0.29, 0.717) is 6.54 Å². The van der Waals surface area contributed by atoms with Crippen LogP contribution in [0.1, 0.15) is 18.4 Å². The number of hydrogen-bond donors (Lipinski definition) is 1. The van der Waals surface area contributed by atoms with Crippen LogP contribution >= 0.6 is 15.9 Å². The largest absolute Gasteiger partial charge is 0.369 e. The molecule has 0 spiro atoms. The Kier molecular flexibility index (Phi) is 3.59. The summed E-state index contributed by atoms with van der Waals surface area (Å²) in [4.78, 5) is 5.11. The molecule has 3 nitrogen and oxygen atoms in total. The molecule has 1 saturated heterocycles. The Bertz CT molecular complexity index is 423. The second kappa shape index (κ2) is 5.19. The van der Waals surface area contributed by atoms with E-state index in [1.54, 1.807) is 0 Å². The molecule has 1 aliphatic carbocycles. The van der Waals surface area contributed by atoms with E-state index in [4.69, 9.17) is 5.73 Å². The molecule has 2 fully saturated rings. The predicted octanol–water partition coefficient (Wildman–Crippen LogP) is 2.19. The first-order chi connectivity index (χ1) is 8.76. The van der Waals surface area contributed by atoms with Crippen molar-refractivity contribution in [3.05, 3.63) is 28.2 Å². The van der Waals surface area contributed by atoms with Gasteiger partial charge in [-0.3, -0.25) is 4.90 Å². The minimum Gasteiger partial charge on any atom is -0.369 e. The topological polar surface area (TPSA) is 32.5 Å². The molecular weight excluding hydrogens is 290 g/mol. The van der Waals surface area contributed by atoms with Crippen molar-refractivity contribution in [3.63, 3.8) is 0 Å². The Morgan fingerprint density at radius 3 is 2.44 bits per heavy atom. The maximum Gasteiger partial charge on any atom is 0.0381 e. The van der Waals surface area contributed by atoms with Gasteiger partial charge in [0.1, 0.15) is 0 Å². The van der Waals surface area contributed by atoms with Gasteiger partial charge in [-0.1, -0.05) is 15.9 Å². The lowest BCUT2D eigenvalue weighted by atomic mass is 10.1. The molecule has 0 radical (unpaired) electrons. The van der Waals surface area contributed by atoms with Crippen LogP contribution in [0.5, 0.6) is 0 Å². The van der Waals surface area contributed by atoms with E-state index < -0.39 is 0 Å². The van der Waals surface area contributed by atoms with E-state index in [9.17, 15) is 0 Å². The lowest BCUT2D eigenvalue weighted by Gasteiger charge is -2.36. The van der Waals surface area contributed by atoms with Gasteiger partial charge < -0.3 is 10.6 Å². The molecule has 1 aromatic rings. The van der Waals surface area contributed by atoms with Crippen LogP contribution in [0.25, 0.3) is 0 Å². The SMILES string of the molecule is NCc1cc(Br)cc(N2CCN(C3CC3)CC2)c1. The Morgan fingerprint density at radius 1 is 1.11 bits per heavy atom. The first kappa shape index (κ1) is 12.5. The van der Waals surface area contributed by atoms with Crippen LogP contribution < -0.4 is 10.6 Å². The van der Waals surface area contributed by atoms with Crippen LogP contribution in [0.2, 0.25) is 0 Å². The molecule has 1 heterocycles. The molecule has 0 aromatic heterocycles. The van der Waals surface area contributed by atoms with Crippen molar-refractivity contribution in [1.82, 2.24) is 4.90 Å². The Labute approximate surface area is 117 Å². The third-order valence-electron chi connectivity index (χ3n) is 3.92. The van der Waals surface area contributed by atoms with Crippen LogP contribution in [-0.2, 0) is 6.54 Å². The van der Waals surface area contributed by atoms with Crippen molar-refractivity contribution < 1.29 is 0 Å². The van der Waals surface area contributed by atoms with E-state index >= 15 is 0 Å². The second-order valence-corrected chi connectivity index (χ2v) is 6.19. The predicted molar refractivity (Wildman–Crippen MR) is 78.8 cm³/mol. The number of piperazine rings is 1. The first-order valence-corrected chi connectivity index (χ1v) is 7.54. The van der Waals surface area contributed by atoms with Crippen molar-refractivity contribution in [1.29, 1.82) is 0 Å². The lowest BCUT2D eigenvalue weighted by Crippen LogP contribution is -2.47. The molecule has 1 aliphatic heterocycles. The zero-order valence-electron chi connectivity index (χ0n) is 10.6. The van der Waals surface area contributed by atoms with Gasteiger partial charge in [0.25, 0.3) is 0 Å². The number of halogens is 1. The quantitative estimate of drug-likeness (QED) is 0.929. The van der Waals surface area contributed by atoms with E-state index in [0.717, 1.165) is 23.6 Å². The van der Waals surface area contributed by atoms with E-state index in [1.807, 2.05) is 0 Å². The molecule has 3 rings (SSSR count). The smallest absolute Gasteiger partial charge is 0.0381 e. The monoisotopic (exact) mass is 309 g/mol. The maximum atomic E-state index is 5.74. The highest BCUT2D eigenvalue weighted by Crippen LogP contribution is 2.29. The molecule has 4 heteroatoms. The summed E-state index contributed by atoms with van der Waals surface area (Å²) in [6.07, 6.45) is 2.82. The maximum absolute atomic E-state index is 5.74. The standard InChI is InChI=1S/C14H20BrN3/c15-12-7-11(10-16)8-14(9-12)18-5-3-17(4-6-18)13-1-2-13/h7-9,13H,1-6,10,16H2. The summed E-state index contributed by atoms with van der Waals surface area (Å²) in [6.45, 7) is 5.28. The van der Waals surface area contributed by atoms with E-state index in [-0.39, 0.29) is 0 Å². The van der Waals surface area contributed by atoms with Gasteiger partial charge in [-0.25, -0.2) is 0 Å². The molecule has 98 valence electrons. The van der Waals surface area contributed by atoms with Gasteiger partial charge in [0.05, 0.1) is 0 Å². The number of anilines is 1. The molecular formula is C14H20BrN3. The number of nitrogens with two attached hydrogens (primary N) is 1. The summed E-state index contributed by atoms with van der Waals surface area (Å²) in [7, 11) is 0. The fraction of sp³-hybridized carbons (Fsp3) is 0.571. The van der Waals surface area contributed by atoms with E-state index in [2.05, 4.69) is 43.9 Å². The van der Waals surface area contributed by atoms with Crippen LogP contribution in [0, 0.1) is 0 Å². The van der Waals surface area contributed by atoms with Crippen molar-refractivity contribution in [2.24, 2.45) is 5.73 Å². The Balaban J connectivity index is 1.69. The third kappa shape index (κ3) is 2.71. The molecule has 1 aromatic carbocycles. The molecule has 2 aliphatic rings. The van der Waals surface area contributed by atoms with Gasteiger partial charge in [-0.15, -0.1) is 0 Å². The zero-order valence-corrected chi connectivity index (χ0v) is 12.2. The fourth-order valence-corrected chi connectivity index (χ4v) is 3.25. The van der Waals surface area contributed by atoms with Gasteiger partial charge in [0, 0.05) is 48.9 Å². The van der Waals surface area contributed by atoms with Gasteiger partial charge in [0.15, 0.2) is 0 Å². The van der Waals surface area contributed by atoms with Gasteiger partial charge in [0.2, 0.25) is 0 Å². The molecule has 0 atom stereocenters. The fourth-order valence-electron chi connectivity index (χ4n) is 2.72. The summed E-state index contributed by atoms with van der Waals surface area (Å²) in [6, 6.07) is 7.42. The first-order valence-electron chi connectivity index (χ1n) is 6.75. The number of nitrogens with zero attached hydrogens (tertiary/aromatic N) is 2. The van der Waals surface area contributed by atoms with E-state index in [1.165, 1.54) is 37.2 Å². The summed E-state index contributed by atoms with van der Waals surface area (Å²) < 4.78 is 1.13. The average molecular weight is 310 g/mol. The minimum absolute atomic E-state index is 0.606. The molecule has 0 unspecified atom stereocenters. The molecule has 1 saturated carbocycles. The van der Waals surface area contributed by atoms with Crippen LogP contribution in [-0.4, -0.2) is 37.1 Å². The highest BCUT2D eigenvalue weighted by molar-refractivity contribution is 9.10. The highest BCUT2D eigenvalue weighted by atomic mass is 79.9. The summed E-state index contributed by atoms with van der Waals surface area (Å²) >= 11 is 3.57. The molecule has 0 bridgehead atoms.